The van der Waals surface area contributed by atoms with Crippen molar-refractivity contribution in [3.63, 3.8) is 0 Å². The van der Waals surface area contributed by atoms with Crippen molar-refractivity contribution in [2.75, 3.05) is 6.54 Å². The van der Waals surface area contributed by atoms with Crippen molar-refractivity contribution in [3.05, 3.63) is 29.6 Å². The highest BCUT2D eigenvalue weighted by atomic mass is 19.1. The lowest BCUT2D eigenvalue weighted by Crippen LogP contribution is -2.39. The van der Waals surface area contributed by atoms with E-state index in [-0.39, 0.29) is 11.8 Å². The summed E-state index contributed by atoms with van der Waals surface area (Å²) >= 11 is 0. The molecule has 0 aliphatic heterocycles. The summed E-state index contributed by atoms with van der Waals surface area (Å²) in [6, 6.07) is 4.89. The molecule has 0 aromatic heterocycles. The van der Waals surface area contributed by atoms with Gasteiger partial charge in [0.15, 0.2) is 0 Å². The van der Waals surface area contributed by atoms with Gasteiger partial charge in [-0.05, 0) is 31.7 Å². The Morgan fingerprint density at radius 2 is 1.75 bits per heavy atom. The van der Waals surface area contributed by atoms with E-state index < -0.39 is 5.82 Å². The zero-order valence-corrected chi connectivity index (χ0v) is 13.4. The van der Waals surface area contributed by atoms with E-state index in [1.807, 2.05) is 0 Å². The lowest BCUT2D eigenvalue weighted by molar-refractivity contribution is 0.116. The maximum atomic E-state index is 13.1. The van der Waals surface area contributed by atoms with Crippen molar-refractivity contribution >= 4 is 0 Å². The zero-order valence-electron chi connectivity index (χ0n) is 13.4. The Hall–Kier alpha value is -1.09. The molecular weight excluding hydrogens is 253 g/mol. The minimum atomic E-state index is -0.392. The normalized spacial score (nSPS) is 13.4. The monoisotopic (exact) mass is 281 g/mol. The Labute approximate surface area is 122 Å². The van der Waals surface area contributed by atoms with Gasteiger partial charge in [-0.15, -0.1) is 0 Å². The van der Waals surface area contributed by atoms with E-state index in [2.05, 4.69) is 39.5 Å². The number of phenols is 1. The Morgan fingerprint density at radius 1 is 1.15 bits per heavy atom. The van der Waals surface area contributed by atoms with Crippen LogP contribution in [0.1, 0.15) is 59.1 Å². The zero-order chi connectivity index (χ0) is 15.3. The van der Waals surface area contributed by atoms with Crippen LogP contribution in [0.3, 0.4) is 0 Å². The van der Waals surface area contributed by atoms with Crippen LogP contribution >= 0.6 is 0 Å². The Morgan fingerprint density at radius 3 is 2.20 bits per heavy atom. The molecule has 0 aliphatic rings. The lowest BCUT2D eigenvalue weighted by atomic mass is 9.99. The molecular formula is C17H28FNO. The summed E-state index contributed by atoms with van der Waals surface area (Å²) in [5.41, 5.74) is 0.805. The number of halogens is 1. The van der Waals surface area contributed by atoms with Crippen LogP contribution in [0.15, 0.2) is 18.2 Å². The van der Waals surface area contributed by atoms with Crippen molar-refractivity contribution < 1.29 is 9.50 Å². The maximum absolute atomic E-state index is 13.1. The van der Waals surface area contributed by atoms with Gasteiger partial charge >= 0.3 is 0 Å². The molecule has 1 atom stereocenters. The first-order chi connectivity index (χ1) is 9.40. The van der Waals surface area contributed by atoms with Gasteiger partial charge in [0.05, 0.1) is 0 Å². The fraction of sp³-hybridized carbons (Fsp3) is 0.647. The highest BCUT2D eigenvalue weighted by Gasteiger charge is 2.24. The number of aromatic hydroxyl groups is 1. The second kappa shape index (κ2) is 7.63. The molecule has 1 N–H and O–H groups in total. The maximum Gasteiger partial charge on any atom is 0.126 e. The van der Waals surface area contributed by atoms with E-state index in [0.29, 0.717) is 12.0 Å². The van der Waals surface area contributed by atoms with Crippen LogP contribution in [0.2, 0.25) is 0 Å². The standard InChI is InChI=1S/C17H28FNO/c1-6-15(7-2)19(11-12(3)4)13(5)16-9-8-14(18)10-17(16)20/h8-10,12-13,15,20H,6-7,11H2,1-5H3. The van der Waals surface area contributed by atoms with Crippen molar-refractivity contribution in [1.82, 2.24) is 4.90 Å². The summed E-state index contributed by atoms with van der Waals surface area (Å²) in [7, 11) is 0. The van der Waals surface area contributed by atoms with E-state index in [0.717, 1.165) is 24.9 Å². The number of hydrogen-bond donors (Lipinski definition) is 1. The molecule has 0 spiro atoms. The number of rotatable bonds is 7. The molecule has 2 nitrogen and oxygen atoms in total. The lowest BCUT2D eigenvalue weighted by Gasteiger charge is -2.37. The quantitative estimate of drug-likeness (QED) is 0.780. The number of hydrogen-bond acceptors (Lipinski definition) is 2. The summed E-state index contributed by atoms with van der Waals surface area (Å²) in [6.07, 6.45) is 2.16. The third kappa shape index (κ3) is 4.20. The number of phenolic OH excluding ortho intramolecular Hbond substituents is 1. The Bertz CT molecular complexity index is 415. The summed E-state index contributed by atoms with van der Waals surface area (Å²) in [4.78, 5) is 2.43. The third-order valence-electron chi connectivity index (χ3n) is 3.93. The van der Waals surface area contributed by atoms with Gasteiger partial charge < -0.3 is 5.11 Å². The largest absolute Gasteiger partial charge is 0.508 e. The molecule has 0 bridgehead atoms. The van der Waals surface area contributed by atoms with Crippen LogP contribution in [0.4, 0.5) is 4.39 Å². The summed E-state index contributed by atoms with van der Waals surface area (Å²) in [6.45, 7) is 11.9. The molecule has 114 valence electrons. The van der Waals surface area contributed by atoms with E-state index >= 15 is 0 Å². The van der Waals surface area contributed by atoms with Crippen LogP contribution in [-0.4, -0.2) is 22.6 Å². The fourth-order valence-electron chi connectivity index (χ4n) is 2.85. The minimum Gasteiger partial charge on any atom is -0.508 e. The average molecular weight is 281 g/mol. The van der Waals surface area contributed by atoms with E-state index in [1.54, 1.807) is 6.07 Å². The molecule has 0 fully saturated rings. The van der Waals surface area contributed by atoms with E-state index in [4.69, 9.17) is 0 Å². The van der Waals surface area contributed by atoms with Crippen molar-refractivity contribution in [1.29, 1.82) is 0 Å². The topological polar surface area (TPSA) is 23.5 Å². The Kier molecular flexibility index (Phi) is 6.47. The van der Waals surface area contributed by atoms with Crippen molar-refractivity contribution in [3.8, 4) is 5.75 Å². The summed E-state index contributed by atoms with van der Waals surface area (Å²) in [5, 5.41) is 10.0. The van der Waals surface area contributed by atoms with Crippen molar-refractivity contribution in [2.45, 2.75) is 59.5 Å². The molecule has 3 heteroatoms. The van der Waals surface area contributed by atoms with Gasteiger partial charge in [-0.3, -0.25) is 4.90 Å². The third-order valence-corrected chi connectivity index (χ3v) is 3.93. The first kappa shape index (κ1) is 17.0. The average Bonchev–Trinajstić information content (AvgIpc) is 2.37. The van der Waals surface area contributed by atoms with Crippen molar-refractivity contribution in [2.24, 2.45) is 5.92 Å². The Balaban J connectivity index is 3.05. The minimum absolute atomic E-state index is 0.0530. The summed E-state index contributed by atoms with van der Waals surface area (Å²) in [5.74, 6) is 0.217. The predicted molar refractivity (Wildman–Crippen MR) is 82.4 cm³/mol. The molecule has 0 saturated carbocycles. The van der Waals surface area contributed by atoms with Crippen LogP contribution < -0.4 is 0 Å². The molecule has 1 aromatic rings. The smallest absolute Gasteiger partial charge is 0.126 e. The van der Waals surface area contributed by atoms with Gasteiger partial charge in [0, 0.05) is 30.3 Å². The molecule has 1 aromatic carbocycles. The van der Waals surface area contributed by atoms with Gasteiger partial charge in [-0.1, -0.05) is 33.8 Å². The molecule has 0 radical (unpaired) electrons. The molecule has 0 amide bonds. The van der Waals surface area contributed by atoms with Gasteiger partial charge in [0.2, 0.25) is 0 Å². The molecule has 20 heavy (non-hydrogen) atoms. The molecule has 1 rings (SSSR count). The summed E-state index contributed by atoms with van der Waals surface area (Å²) < 4.78 is 13.1. The van der Waals surface area contributed by atoms with Crippen LogP contribution in [0.25, 0.3) is 0 Å². The first-order valence-electron chi connectivity index (χ1n) is 7.64. The predicted octanol–water partition coefficient (Wildman–Crippen LogP) is 4.74. The molecule has 0 heterocycles. The molecule has 0 aliphatic carbocycles. The van der Waals surface area contributed by atoms with E-state index in [9.17, 15) is 9.50 Å². The number of nitrogens with zero attached hydrogens (tertiary/aromatic N) is 1. The molecule has 0 saturated heterocycles. The second-order valence-corrected chi connectivity index (χ2v) is 5.94. The van der Waals surface area contributed by atoms with E-state index in [1.165, 1.54) is 12.1 Å². The van der Waals surface area contributed by atoms with Gasteiger partial charge in [-0.25, -0.2) is 4.39 Å². The van der Waals surface area contributed by atoms with Crippen LogP contribution in [-0.2, 0) is 0 Å². The van der Waals surface area contributed by atoms with Gasteiger partial charge in [0.1, 0.15) is 11.6 Å². The van der Waals surface area contributed by atoms with Crippen LogP contribution in [0, 0.1) is 11.7 Å². The SMILES string of the molecule is CCC(CC)N(CC(C)C)C(C)c1ccc(F)cc1O. The van der Waals surface area contributed by atoms with Crippen LogP contribution in [0.5, 0.6) is 5.75 Å². The first-order valence-corrected chi connectivity index (χ1v) is 7.64. The highest BCUT2D eigenvalue weighted by molar-refractivity contribution is 5.35. The van der Waals surface area contributed by atoms with Gasteiger partial charge in [0.25, 0.3) is 0 Å². The van der Waals surface area contributed by atoms with Gasteiger partial charge in [-0.2, -0.15) is 0 Å². The number of benzene rings is 1. The molecule has 1 unspecified atom stereocenters. The fourth-order valence-corrected chi connectivity index (χ4v) is 2.85. The highest BCUT2D eigenvalue weighted by Crippen LogP contribution is 2.32. The second-order valence-electron chi connectivity index (χ2n) is 5.94.